The minimum Gasteiger partial charge on any atom is -0.201 e. The molecule has 4 rings (SSSR count). The van der Waals surface area contributed by atoms with Crippen molar-refractivity contribution in [2.75, 3.05) is 0 Å². The van der Waals surface area contributed by atoms with Crippen molar-refractivity contribution >= 4 is 0 Å². The molecule has 0 bridgehead atoms. The Balaban J connectivity index is 1.88. The highest BCUT2D eigenvalue weighted by Gasteiger charge is 2.17. The van der Waals surface area contributed by atoms with E-state index in [0.29, 0.717) is 0 Å². The van der Waals surface area contributed by atoms with Crippen LogP contribution in [0.2, 0.25) is 0 Å². The third-order valence-electron chi connectivity index (χ3n) is 5.30. The normalized spacial score (nSPS) is 10.8. The third-order valence-corrected chi connectivity index (χ3v) is 5.30. The maximum absolute atomic E-state index is 2.29. The van der Waals surface area contributed by atoms with Crippen molar-refractivity contribution < 1.29 is 4.57 Å². The van der Waals surface area contributed by atoms with Gasteiger partial charge in [0.2, 0.25) is 5.69 Å². The summed E-state index contributed by atoms with van der Waals surface area (Å²) in [5.74, 6) is 0. The van der Waals surface area contributed by atoms with Crippen molar-refractivity contribution in [2.24, 2.45) is 7.05 Å². The zero-order chi connectivity index (χ0) is 18.8. The molecular formula is C26H24N+. The molecule has 3 aromatic carbocycles. The predicted molar refractivity (Wildman–Crippen MR) is 113 cm³/mol. The van der Waals surface area contributed by atoms with Crippen molar-refractivity contribution in [3.05, 3.63) is 102 Å². The topological polar surface area (TPSA) is 3.88 Å². The molecule has 27 heavy (non-hydrogen) atoms. The van der Waals surface area contributed by atoms with Gasteiger partial charge in [0.25, 0.3) is 0 Å². The van der Waals surface area contributed by atoms with Gasteiger partial charge in [-0.15, -0.1) is 0 Å². The molecule has 1 nitrogen and oxygen atoms in total. The fourth-order valence-corrected chi connectivity index (χ4v) is 3.73. The second-order valence-electron chi connectivity index (χ2n) is 7.07. The molecule has 0 aliphatic heterocycles. The van der Waals surface area contributed by atoms with Crippen LogP contribution in [0.3, 0.4) is 0 Å². The summed E-state index contributed by atoms with van der Waals surface area (Å²) < 4.78 is 2.20. The van der Waals surface area contributed by atoms with E-state index in [-0.39, 0.29) is 0 Å². The molecule has 0 saturated heterocycles. The van der Waals surface area contributed by atoms with Gasteiger partial charge in [0.15, 0.2) is 6.20 Å². The molecule has 0 aliphatic carbocycles. The number of aryl methyl sites for hydroxylation is 2. The number of aromatic nitrogens is 1. The highest BCUT2D eigenvalue weighted by Crippen LogP contribution is 2.33. The van der Waals surface area contributed by atoms with E-state index in [2.05, 4.69) is 117 Å². The molecule has 1 aromatic heterocycles. The summed E-state index contributed by atoms with van der Waals surface area (Å²) in [6, 6.07) is 30.2. The van der Waals surface area contributed by atoms with Crippen LogP contribution in [0.5, 0.6) is 0 Å². The molecular weight excluding hydrogens is 326 g/mol. The number of rotatable bonds is 3. The average Bonchev–Trinajstić information content (AvgIpc) is 2.70. The van der Waals surface area contributed by atoms with Crippen molar-refractivity contribution in [1.29, 1.82) is 0 Å². The Labute approximate surface area is 161 Å². The molecule has 132 valence electrons. The van der Waals surface area contributed by atoms with Gasteiger partial charge >= 0.3 is 0 Å². The number of hydrogen-bond acceptors (Lipinski definition) is 0. The summed E-state index contributed by atoms with van der Waals surface area (Å²) in [7, 11) is 2.12. The quantitative estimate of drug-likeness (QED) is 0.391. The van der Waals surface area contributed by atoms with Crippen LogP contribution in [0.4, 0.5) is 0 Å². The Morgan fingerprint density at radius 2 is 1.26 bits per heavy atom. The van der Waals surface area contributed by atoms with Crippen LogP contribution < -0.4 is 4.57 Å². The summed E-state index contributed by atoms with van der Waals surface area (Å²) in [4.78, 5) is 0. The Bertz CT molecular complexity index is 1090. The number of pyridine rings is 1. The van der Waals surface area contributed by atoms with E-state index < -0.39 is 0 Å². The lowest BCUT2D eigenvalue weighted by molar-refractivity contribution is -0.660. The van der Waals surface area contributed by atoms with Crippen LogP contribution in [0.15, 0.2) is 91.1 Å². The van der Waals surface area contributed by atoms with E-state index in [1.165, 1.54) is 44.6 Å². The molecule has 0 aliphatic rings. The van der Waals surface area contributed by atoms with Crippen LogP contribution in [0.1, 0.15) is 11.1 Å². The zero-order valence-corrected chi connectivity index (χ0v) is 16.1. The van der Waals surface area contributed by atoms with Crippen molar-refractivity contribution in [2.45, 2.75) is 13.8 Å². The van der Waals surface area contributed by atoms with E-state index in [0.717, 1.165) is 0 Å². The number of benzene rings is 3. The molecule has 4 aromatic rings. The first-order chi connectivity index (χ1) is 13.1. The van der Waals surface area contributed by atoms with Crippen LogP contribution in [0, 0.1) is 13.8 Å². The maximum Gasteiger partial charge on any atom is 0.213 e. The summed E-state index contributed by atoms with van der Waals surface area (Å²) >= 11 is 0. The van der Waals surface area contributed by atoms with Crippen LogP contribution >= 0.6 is 0 Å². The molecule has 0 radical (unpaired) electrons. The van der Waals surface area contributed by atoms with Gasteiger partial charge in [-0.25, -0.2) is 4.57 Å². The Morgan fingerprint density at radius 3 is 2.04 bits per heavy atom. The van der Waals surface area contributed by atoms with Gasteiger partial charge < -0.3 is 0 Å². The highest BCUT2D eigenvalue weighted by atomic mass is 14.9. The second kappa shape index (κ2) is 7.20. The SMILES string of the molecule is Cc1ccccc1-c1cccc(-c2cc(-c3ccccc3)cc[n+]2C)c1C. The highest BCUT2D eigenvalue weighted by molar-refractivity contribution is 5.79. The molecule has 1 heterocycles. The standard InChI is InChI=1S/C26H24N/c1-19-10-7-8-13-23(19)24-14-9-15-25(20(24)2)26-18-22(16-17-27(26)3)21-11-5-4-6-12-21/h4-18H,1-3H3/q+1. The fourth-order valence-electron chi connectivity index (χ4n) is 3.73. The van der Waals surface area contributed by atoms with Gasteiger partial charge in [-0.2, -0.15) is 0 Å². The maximum atomic E-state index is 2.29. The number of hydrogen-bond donors (Lipinski definition) is 0. The molecule has 0 amide bonds. The Morgan fingerprint density at radius 1 is 0.593 bits per heavy atom. The second-order valence-corrected chi connectivity index (χ2v) is 7.07. The number of nitrogens with zero attached hydrogens (tertiary/aromatic N) is 1. The van der Waals surface area contributed by atoms with E-state index in [1.807, 2.05) is 0 Å². The minimum atomic E-state index is 1.23. The smallest absolute Gasteiger partial charge is 0.201 e. The summed E-state index contributed by atoms with van der Waals surface area (Å²) in [6.07, 6.45) is 2.15. The molecule has 1 heteroatoms. The van der Waals surface area contributed by atoms with Gasteiger partial charge in [-0.3, -0.25) is 0 Å². The van der Waals surface area contributed by atoms with E-state index >= 15 is 0 Å². The van der Waals surface area contributed by atoms with Crippen LogP contribution in [-0.4, -0.2) is 0 Å². The van der Waals surface area contributed by atoms with E-state index in [9.17, 15) is 0 Å². The first-order valence-electron chi connectivity index (χ1n) is 9.36. The van der Waals surface area contributed by atoms with Crippen molar-refractivity contribution in [3.63, 3.8) is 0 Å². The molecule has 0 spiro atoms. The zero-order valence-electron chi connectivity index (χ0n) is 16.1. The van der Waals surface area contributed by atoms with Gasteiger partial charge in [0.1, 0.15) is 7.05 Å². The third kappa shape index (κ3) is 3.29. The summed E-state index contributed by atoms with van der Waals surface area (Å²) in [5.41, 5.74) is 10.2. The predicted octanol–water partition coefficient (Wildman–Crippen LogP) is 6.13. The molecule has 0 N–H and O–H groups in total. The first-order valence-corrected chi connectivity index (χ1v) is 9.36. The Hall–Kier alpha value is -3.19. The lowest BCUT2D eigenvalue weighted by Gasteiger charge is -2.13. The fraction of sp³-hybridized carbons (Fsp3) is 0.115. The average molecular weight is 350 g/mol. The molecule has 0 atom stereocenters. The van der Waals surface area contributed by atoms with Gasteiger partial charge in [-0.05, 0) is 53.3 Å². The Kier molecular flexibility index (Phi) is 4.60. The monoisotopic (exact) mass is 350 g/mol. The van der Waals surface area contributed by atoms with E-state index in [4.69, 9.17) is 0 Å². The van der Waals surface area contributed by atoms with Gasteiger partial charge in [0, 0.05) is 17.7 Å². The van der Waals surface area contributed by atoms with Crippen LogP contribution in [0.25, 0.3) is 33.5 Å². The van der Waals surface area contributed by atoms with Gasteiger partial charge in [-0.1, -0.05) is 66.7 Å². The van der Waals surface area contributed by atoms with Gasteiger partial charge in [0.05, 0.1) is 0 Å². The van der Waals surface area contributed by atoms with Crippen molar-refractivity contribution in [1.82, 2.24) is 0 Å². The first kappa shape index (κ1) is 17.2. The molecule has 0 fully saturated rings. The largest absolute Gasteiger partial charge is 0.213 e. The van der Waals surface area contributed by atoms with Crippen LogP contribution in [-0.2, 0) is 7.05 Å². The van der Waals surface area contributed by atoms with E-state index in [1.54, 1.807) is 0 Å². The van der Waals surface area contributed by atoms with Crippen molar-refractivity contribution in [3.8, 4) is 33.5 Å². The lowest BCUT2D eigenvalue weighted by Crippen LogP contribution is -2.30. The molecule has 0 unspecified atom stereocenters. The summed E-state index contributed by atoms with van der Waals surface area (Å²) in [6.45, 7) is 4.41. The lowest BCUT2D eigenvalue weighted by atomic mass is 9.92. The molecule has 0 saturated carbocycles. The minimum absolute atomic E-state index is 1.23. The summed E-state index contributed by atoms with van der Waals surface area (Å²) in [5, 5.41) is 0.